The van der Waals surface area contributed by atoms with Crippen LogP contribution in [0.2, 0.25) is 0 Å². The molecule has 0 spiro atoms. The third-order valence-corrected chi connectivity index (χ3v) is 21.5. The molecule has 9 aromatic rings. The molecule has 1 aliphatic carbocycles. The molecule has 1 saturated heterocycles. The Balaban J connectivity index is 0.000000194. The lowest BCUT2D eigenvalue weighted by atomic mass is 9.78. The van der Waals surface area contributed by atoms with Crippen molar-refractivity contribution in [3.05, 3.63) is 219 Å². The molecule has 0 radical (unpaired) electrons. The molecule has 10 heterocycles. The van der Waals surface area contributed by atoms with Gasteiger partial charge in [0.05, 0.1) is 113 Å². The number of hydroxylamine groups is 2. The Morgan fingerprint density at radius 2 is 0.886 bits per heavy atom. The molecule has 2 atom stereocenters. The first-order chi connectivity index (χ1) is 58.8. The van der Waals surface area contributed by atoms with Crippen LogP contribution in [0.5, 0.6) is 11.5 Å². The van der Waals surface area contributed by atoms with Gasteiger partial charge in [-0.25, -0.2) is 14.8 Å². The third-order valence-electron chi connectivity index (χ3n) is 21.5. The molecule has 0 saturated carbocycles. The van der Waals surface area contributed by atoms with E-state index in [9.17, 15) is 54.0 Å². The Bertz CT molecular complexity index is 4790. The number of hydrogen-bond donors (Lipinski definition) is 6. The zero-order chi connectivity index (χ0) is 88.4. The number of pyridine rings is 2. The van der Waals surface area contributed by atoms with E-state index in [4.69, 9.17) is 9.57 Å². The number of carbonyl (C=O) groups is 7. The monoisotopic (exact) mass is 1690 g/mol. The second kappa shape index (κ2) is 43.9. The second-order valence-electron chi connectivity index (χ2n) is 33.3. The molecular weight excluding hydrogens is 1570 g/mol. The number of aromatic hydroxyl groups is 1. The zero-order valence-electron chi connectivity index (χ0n) is 72.5. The van der Waals surface area contributed by atoms with Crippen LogP contribution in [0.3, 0.4) is 0 Å². The number of hydrogen-bond acceptors (Lipinski definition) is 23. The fourth-order valence-corrected chi connectivity index (χ4v) is 14.1. The van der Waals surface area contributed by atoms with Crippen LogP contribution in [0.1, 0.15) is 171 Å². The summed E-state index contributed by atoms with van der Waals surface area (Å²) in [7, 11) is 13.3. The first-order valence-corrected chi connectivity index (χ1v) is 42.0. The number of ether oxygens (including phenoxy) is 1. The van der Waals surface area contributed by atoms with Crippen LogP contribution < -0.4 is 41.3 Å². The molecule has 34 heteroatoms. The molecule has 2 unspecified atom stereocenters. The van der Waals surface area contributed by atoms with Crippen molar-refractivity contribution in [2.45, 2.75) is 158 Å². The number of nitrogens with one attached hydrogen (secondary N) is 4. The van der Waals surface area contributed by atoms with Gasteiger partial charge in [-0.2, -0.15) is 0 Å². The number of anilines is 2. The molecule has 6 amide bonds. The number of phenols is 1. The standard InChI is InChI=1S/C30H42N6O8.C30H26N6O4.C29H50N9O/c1-5-6-14-36(3,4)18-21-17-34(32-31-21)12-11-33(13-15-43-19-27(40)44-35-25(38)9-10-26(35)39)22-7-8-23(24(37)16-22)28-29(41)20(2)30(28)42;37-27-23-3-1-4-24(35-23)28(38)32-16-20-9-13-22(14-10-20)18-34-30(40)26-6-2-5-25(36-26)29(39)33-17-21-11-7-19(8-12-21)15-31-27;1-8-10-18-37(4,5)23-26-21-35(32-30-26)16-14-34(28-13-12-25(3)29(39)20-28)15-17-36-22-27(31-33-36)24-38(6,7)19-11-9-2/h7-8,16-17,20,29,37,42H,5-6,9-15,18-19H2,1-4H3;1-14H,15-18H2,(H,31,37)(H,32,38)(H,33,39)(H,34,40);12-13,20-22H,8-11,14-19,23-24H2,1-7H3/q;;+1. The van der Waals surface area contributed by atoms with Crippen molar-refractivity contribution >= 4 is 58.4 Å². The quantitative estimate of drug-likeness (QED) is 0.0139. The fourth-order valence-electron chi connectivity index (χ4n) is 14.1. The number of benzene rings is 4. The van der Waals surface area contributed by atoms with Gasteiger partial charge < -0.3 is 74.5 Å². The van der Waals surface area contributed by atoms with E-state index in [-0.39, 0.29) is 97.6 Å². The van der Waals surface area contributed by atoms with Gasteiger partial charge in [-0.15, -0.1) is 20.4 Å². The highest BCUT2D eigenvalue weighted by molar-refractivity contribution is 6.02. The van der Waals surface area contributed by atoms with Crippen LogP contribution in [0.15, 0.2) is 146 Å². The molecule has 34 nitrogen and oxygen atoms in total. The number of quaternary nitrogens is 3. The highest BCUT2D eigenvalue weighted by Crippen LogP contribution is 2.42. The minimum Gasteiger partial charge on any atom is -0.872 e. The van der Waals surface area contributed by atoms with Crippen LogP contribution in [0, 0.1) is 12.8 Å². The van der Waals surface area contributed by atoms with Crippen molar-refractivity contribution in [2.24, 2.45) is 5.92 Å². The maximum absolute atomic E-state index is 13.0. The van der Waals surface area contributed by atoms with Gasteiger partial charge in [-0.1, -0.05) is 147 Å². The van der Waals surface area contributed by atoms with Crippen LogP contribution in [-0.2, 0) is 89.4 Å². The first kappa shape index (κ1) is 92.9. The molecule has 8 bridgehead atoms. The Labute approximate surface area is 718 Å². The summed E-state index contributed by atoms with van der Waals surface area (Å²) in [6.45, 7) is 20.6. The Morgan fingerprint density at radius 1 is 0.520 bits per heavy atom. The summed E-state index contributed by atoms with van der Waals surface area (Å²) in [5, 5.41) is 83.9. The molecule has 5 aliphatic heterocycles. The highest BCUT2D eigenvalue weighted by Gasteiger charge is 2.34. The molecule has 6 N–H and O–H groups in total. The van der Waals surface area contributed by atoms with Gasteiger partial charge in [0.25, 0.3) is 35.4 Å². The smallest absolute Gasteiger partial charge is 0.358 e. The number of phenolic OH excluding ortho intramolecular Hbond substituents is 1. The number of carbonyl (C=O) groups excluding carboxylic acids is 7. The molecule has 6 aliphatic rings. The average Bonchev–Trinajstić information content (AvgIpc) is 1.37. The fraction of sp³-hybridized carbons (Fsp3) is 0.449. The van der Waals surface area contributed by atoms with Gasteiger partial charge in [-0.3, -0.25) is 42.8 Å². The lowest BCUT2D eigenvalue weighted by molar-refractivity contribution is -0.904. The van der Waals surface area contributed by atoms with Gasteiger partial charge in [0, 0.05) is 88.6 Å². The molecule has 123 heavy (non-hydrogen) atoms. The van der Waals surface area contributed by atoms with Crippen molar-refractivity contribution in [3.63, 3.8) is 0 Å². The lowest BCUT2D eigenvalue weighted by Crippen LogP contribution is -2.43. The Hall–Kier alpha value is -12.4. The first-order valence-electron chi connectivity index (χ1n) is 42.0. The van der Waals surface area contributed by atoms with Crippen LogP contribution in [-0.4, -0.2) is 233 Å². The normalized spacial score (nSPS) is 15.3. The summed E-state index contributed by atoms with van der Waals surface area (Å²) in [5.41, 5.74) is 9.59. The van der Waals surface area contributed by atoms with E-state index in [1.165, 1.54) is 31.7 Å². The number of aromatic nitrogens is 11. The summed E-state index contributed by atoms with van der Waals surface area (Å²) in [6, 6.07) is 34.7. The van der Waals surface area contributed by atoms with Crippen molar-refractivity contribution < 1.29 is 77.0 Å². The van der Waals surface area contributed by atoms with Crippen molar-refractivity contribution in [1.82, 2.24) is 81.3 Å². The summed E-state index contributed by atoms with van der Waals surface area (Å²) < 4.78 is 13.7. The molecule has 4 aromatic carbocycles. The van der Waals surface area contributed by atoms with E-state index >= 15 is 0 Å². The van der Waals surface area contributed by atoms with Crippen LogP contribution in [0.25, 0.3) is 5.57 Å². The molecular formula is C89H118N21O13+. The number of imide groups is 1. The summed E-state index contributed by atoms with van der Waals surface area (Å²) in [6.07, 6.45) is 11.9. The molecule has 656 valence electrons. The number of rotatable bonds is 33. The number of aliphatic hydroxyl groups is 1. The van der Waals surface area contributed by atoms with Gasteiger partial charge in [0.1, 0.15) is 71.8 Å². The second-order valence-corrected chi connectivity index (χ2v) is 33.3. The van der Waals surface area contributed by atoms with E-state index in [1.54, 1.807) is 60.1 Å². The van der Waals surface area contributed by atoms with E-state index in [2.05, 4.69) is 149 Å². The van der Waals surface area contributed by atoms with Crippen molar-refractivity contribution in [1.29, 1.82) is 0 Å². The molecule has 5 aromatic heterocycles. The van der Waals surface area contributed by atoms with E-state index in [1.807, 2.05) is 88.0 Å². The highest BCUT2D eigenvalue weighted by atomic mass is 16.7. The zero-order valence-corrected chi connectivity index (χ0v) is 72.5. The number of nitrogens with zero attached hydrogens (tertiary/aromatic N) is 17. The topological polar surface area (TPSA) is 400 Å². The number of amides is 6. The Kier molecular flexibility index (Phi) is 33.2. The van der Waals surface area contributed by atoms with Crippen molar-refractivity contribution in [3.8, 4) is 11.5 Å². The number of aliphatic hydroxyl groups excluding tert-OH is 1. The van der Waals surface area contributed by atoms with E-state index in [0.29, 0.717) is 42.7 Å². The maximum Gasteiger partial charge on any atom is 0.358 e. The molecule has 1 fully saturated rings. The third kappa shape index (κ3) is 27.8. The maximum atomic E-state index is 13.0. The number of unbranched alkanes of at least 4 members (excludes halogenated alkanes) is 3. The predicted octanol–water partition coefficient (Wildman–Crippen LogP) is 6.86. The summed E-state index contributed by atoms with van der Waals surface area (Å²) >= 11 is 0. The average molecular weight is 1690 g/mol. The van der Waals surface area contributed by atoms with Crippen LogP contribution in [0.4, 0.5) is 11.4 Å². The SMILES string of the molecule is CCCC[N+](C)(C)Cc1cn(CCN(CCOCC(=O)ON2C(=O)CCC2=O)c2ccc(C3=C(O)C(C)C3[O-])c([O-])c2)nn1.CCCC[N+](C)(C)Cc1cn(CCN(CCn2cc(C[N+](C)(C)CCCC)nn2)c2ccc(C)c(O)c2)nn1.O=C1NCc2ccc(cc2)CNC(=O)c2cccc(n2)C(=O)NCc2ccc(cc2)CNC(=O)c2cccc1n2. The Morgan fingerprint density at radius 3 is 1.24 bits per heavy atom. The lowest BCUT2D eigenvalue weighted by Gasteiger charge is -2.43. The predicted molar refractivity (Wildman–Crippen MR) is 457 cm³/mol. The van der Waals surface area contributed by atoms with Gasteiger partial charge in [-0.05, 0) is 108 Å². The van der Waals surface area contributed by atoms with E-state index < -0.39 is 60.0 Å². The van der Waals surface area contributed by atoms with Gasteiger partial charge >= 0.3 is 5.97 Å². The molecule has 15 rings (SSSR count). The summed E-state index contributed by atoms with van der Waals surface area (Å²) in [5.74, 6) is -4.28. The minimum absolute atomic E-state index is 0.00314. The minimum atomic E-state index is -1.16. The van der Waals surface area contributed by atoms with Crippen LogP contribution >= 0.6 is 0 Å². The van der Waals surface area contributed by atoms with Gasteiger partial charge in [0.15, 0.2) is 0 Å². The van der Waals surface area contributed by atoms with Gasteiger partial charge in [0.2, 0.25) is 0 Å². The number of aryl methyl sites for hydroxylation is 1. The van der Waals surface area contributed by atoms with E-state index in [0.717, 1.165) is 129 Å². The largest absolute Gasteiger partial charge is 0.872 e. The van der Waals surface area contributed by atoms with Crippen molar-refractivity contribution in [2.75, 3.05) is 111 Å². The summed E-state index contributed by atoms with van der Waals surface area (Å²) in [4.78, 5) is 104.